The number of H-pyrrole nitrogens is 1. The molecule has 0 aliphatic rings. The number of aryl methyl sites for hydroxylation is 1. The molecule has 1 atom stereocenters. The van der Waals surface area contributed by atoms with Crippen LogP contribution in [0.15, 0.2) is 47.5 Å². The smallest absolute Gasteiger partial charge is 0.207 e. The fourth-order valence-corrected chi connectivity index (χ4v) is 3.29. The third-order valence-corrected chi connectivity index (χ3v) is 4.80. The average Bonchev–Trinajstić information content (AvgIpc) is 3.21. The van der Waals surface area contributed by atoms with Gasteiger partial charge in [-0.25, -0.2) is 13.8 Å². The van der Waals surface area contributed by atoms with E-state index in [1.54, 1.807) is 37.3 Å². The van der Waals surface area contributed by atoms with Crippen molar-refractivity contribution >= 4 is 11.0 Å². The van der Waals surface area contributed by atoms with Gasteiger partial charge in [-0.15, -0.1) is 0 Å². The predicted octanol–water partition coefficient (Wildman–Crippen LogP) is 3.99. The van der Waals surface area contributed by atoms with E-state index in [0.29, 0.717) is 11.3 Å². The molecule has 0 aliphatic carbocycles. The Labute approximate surface area is 157 Å². The highest BCUT2D eigenvalue weighted by Crippen LogP contribution is 2.29. The Morgan fingerprint density at radius 1 is 1.11 bits per heavy atom. The highest BCUT2D eigenvalue weighted by molar-refractivity contribution is 5.79. The lowest BCUT2D eigenvalue weighted by molar-refractivity contribution is 0.499. The highest BCUT2D eigenvalue weighted by Gasteiger charge is 2.28. The molecule has 4 aromatic rings. The zero-order chi connectivity index (χ0) is 20.0. The molecule has 3 heterocycles. The lowest BCUT2D eigenvalue weighted by atomic mass is 9.95. The van der Waals surface area contributed by atoms with Crippen LogP contribution in [0.25, 0.3) is 16.7 Å². The van der Waals surface area contributed by atoms with Crippen molar-refractivity contribution in [2.75, 3.05) is 0 Å². The molecule has 0 saturated carbocycles. The van der Waals surface area contributed by atoms with E-state index in [1.165, 1.54) is 19.3 Å². The molecule has 4 rings (SSSR count). The van der Waals surface area contributed by atoms with Crippen LogP contribution in [0.4, 0.5) is 13.2 Å². The molecule has 0 radical (unpaired) electrons. The first-order valence-corrected chi connectivity index (χ1v) is 8.55. The van der Waals surface area contributed by atoms with Gasteiger partial charge < -0.3 is 0 Å². The van der Waals surface area contributed by atoms with Gasteiger partial charge in [0.25, 0.3) is 0 Å². The van der Waals surface area contributed by atoms with Gasteiger partial charge in [0, 0.05) is 17.8 Å². The maximum atomic E-state index is 15.6. The van der Waals surface area contributed by atoms with Crippen molar-refractivity contribution in [3.8, 4) is 5.69 Å². The second kappa shape index (κ2) is 6.63. The minimum absolute atomic E-state index is 0.260. The van der Waals surface area contributed by atoms with Crippen molar-refractivity contribution in [2.24, 2.45) is 0 Å². The Hall–Kier alpha value is -3.42. The first kappa shape index (κ1) is 18.0. The maximum absolute atomic E-state index is 15.6. The normalized spacial score (nSPS) is 12.5. The van der Waals surface area contributed by atoms with E-state index >= 15 is 4.39 Å². The molecule has 3 aromatic heterocycles. The van der Waals surface area contributed by atoms with Crippen LogP contribution in [0, 0.1) is 24.5 Å². The second-order valence-corrected chi connectivity index (χ2v) is 6.48. The van der Waals surface area contributed by atoms with Gasteiger partial charge in [-0.1, -0.05) is 25.1 Å². The van der Waals surface area contributed by atoms with Crippen LogP contribution in [0.1, 0.15) is 29.7 Å². The first-order chi connectivity index (χ1) is 13.4. The first-order valence-electron chi connectivity index (χ1n) is 8.55. The van der Waals surface area contributed by atoms with Crippen molar-refractivity contribution in [3.05, 3.63) is 87.4 Å². The molecular weight excluding hydrogens is 369 g/mol. The summed E-state index contributed by atoms with van der Waals surface area (Å²) in [4.78, 5) is 17.0. The van der Waals surface area contributed by atoms with Crippen LogP contribution in [0.3, 0.4) is 0 Å². The van der Waals surface area contributed by atoms with Gasteiger partial charge in [0.05, 0.1) is 17.5 Å². The molecule has 0 bridgehead atoms. The highest BCUT2D eigenvalue weighted by atomic mass is 19.2. The number of aromatic nitrogens is 4. The lowest BCUT2D eigenvalue weighted by Crippen LogP contribution is -2.24. The predicted molar refractivity (Wildman–Crippen MR) is 98.1 cm³/mol. The molecule has 1 N–H and O–H groups in total. The van der Waals surface area contributed by atoms with Crippen LogP contribution in [0.5, 0.6) is 0 Å². The van der Waals surface area contributed by atoms with Gasteiger partial charge >= 0.3 is 0 Å². The van der Waals surface area contributed by atoms with Gasteiger partial charge in [0.15, 0.2) is 17.3 Å². The van der Waals surface area contributed by atoms with E-state index in [9.17, 15) is 13.6 Å². The summed E-state index contributed by atoms with van der Waals surface area (Å²) >= 11 is 0. The summed E-state index contributed by atoms with van der Waals surface area (Å²) < 4.78 is 45.6. The maximum Gasteiger partial charge on any atom is 0.207 e. The summed E-state index contributed by atoms with van der Waals surface area (Å²) in [7, 11) is 0. The van der Waals surface area contributed by atoms with Crippen molar-refractivity contribution in [3.63, 3.8) is 0 Å². The number of rotatable bonds is 3. The van der Waals surface area contributed by atoms with Crippen molar-refractivity contribution in [1.29, 1.82) is 0 Å². The molecule has 0 fully saturated rings. The number of hydrogen-bond acceptors (Lipinski definition) is 3. The molecule has 0 spiro atoms. The van der Waals surface area contributed by atoms with Crippen LogP contribution in [-0.2, 0) is 0 Å². The Morgan fingerprint density at radius 3 is 2.46 bits per heavy atom. The summed E-state index contributed by atoms with van der Waals surface area (Å²) in [6.07, 6.45) is 2.97. The monoisotopic (exact) mass is 384 g/mol. The van der Waals surface area contributed by atoms with Crippen molar-refractivity contribution in [1.82, 2.24) is 19.7 Å². The van der Waals surface area contributed by atoms with E-state index in [1.807, 2.05) is 0 Å². The van der Waals surface area contributed by atoms with Gasteiger partial charge in [0.1, 0.15) is 5.39 Å². The fourth-order valence-electron chi connectivity index (χ4n) is 3.29. The molecule has 5 nitrogen and oxygen atoms in total. The molecule has 142 valence electrons. The van der Waals surface area contributed by atoms with Crippen LogP contribution >= 0.6 is 0 Å². The molecule has 0 amide bonds. The number of fused-ring (bicyclic) bond motifs is 1. The van der Waals surface area contributed by atoms with E-state index in [-0.39, 0.29) is 16.9 Å². The number of benzene rings is 1. The Balaban J connectivity index is 2.19. The minimum Gasteiger partial charge on any atom is -0.289 e. The SMILES string of the molecule is Cc1nc2c(c(F)c1F)c(=O)c(C(C)c1cn[nH]c1)c(F)n2-c1ccccc1. The van der Waals surface area contributed by atoms with Crippen molar-refractivity contribution in [2.45, 2.75) is 19.8 Å². The number of hydrogen-bond donors (Lipinski definition) is 1. The average molecular weight is 384 g/mol. The van der Waals surface area contributed by atoms with Crippen LogP contribution in [-0.4, -0.2) is 19.7 Å². The molecule has 1 unspecified atom stereocenters. The molecular formula is C20H15F3N4O. The zero-order valence-electron chi connectivity index (χ0n) is 15.0. The molecule has 0 saturated heterocycles. The Kier molecular flexibility index (Phi) is 4.26. The fraction of sp³-hybridized carbons (Fsp3) is 0.150. The standard InChI is InChI=1S/C20H15F3N4O/c1-10(12-8-24-25-9-12)14-18(28)15-17(22)16(21)11(2)26-20(15)27(19(14)23)13-6-4-3-5-7-13/h3-10H,1-2H3,(H,24,25). The number of aromatic amines is 1. The molecule has 1 aromatic carbocycles. The van der Waals surface area contributed by atoms with E-state index in [4.69, 9.17) is 0 Å². The third-order valence-electron chi connectivity index (χ3n) is 4.80. The quantitative estimate of drug-likeness (QED) is 0.544. The number of para-hydroxylation sites is 1. The lowest BCUT2D eigenvalue weighted by Gasteiger charge is -2.18. The van der Waals surface area contributed by atoms with Crippen molar-refractivity contribution < 1.29 is 13.2 Å². The molecule has 28 heavy (non-hydrogen) atoms. The number of halogens is 3. The van der Waals surface area contributed by atoms with Crippen LogP contribution in [0.2, 0.25) is 0 Å². The number of nitrogens with zero attached hydrogens (tertiary/aromatic N) is 3. The van der Waals surface area contributed by atoms with E-state index in [2.05, 4.69) is 15.2 Å². The molecule has 8 heteroatoms. The summed E-state index contributed by atoms with van der Waals surface area (Å²) in [6, 6.07) is 8.27. The van der Waals surface area contributed by atoms with Gasteiger partial charge in [0.2, 0.25) is 11.4 Å². The summed E-state index contributed by atoms with van der Waals surface area (Å²) in [5, 5.41) is 5.83. The summed E-state index contributed by atoms with van der Waals surface area (Å²) in [5.74, 6) is -4.18. The van der Waals surface area contributed by atoms with Gasteiger partial charge in [-0.05, 0) is 24.6 Å². The summed E-state index contributed by atoms with van der Waals surface area (Å²) in [5.41, 5.74) is -0.879. The third kappa shape index (κ3) is 2.60. The Bertz CT molecular complexity index is 1230. The van der Waals surface area contributed by atoms with E-state index < -0.39 is 34.3 Å². The van der Waals surface area contributed by atoms with Crippen LogP contribution < -0.4 is 5.43 Å². The van der Waals surface area contributed by atoms with Gasteiger partial charge in [-0.3, -0.25) is 14.5 Å². The molecule has 0 aliphatic heterocycles. The topological polar surface area (TPSA) is 63.6 Å². The largest absolute Gasteiger partial charge is 0.289 e. The number of nitrogens with one attached hydrogen (secondary N) is 1. The summed E-state index contributed by atoms with van der Waals surface area (Å²) in [6.45, 7) is 2.86. The second-order valence-electron chi connectivity index (χ2n) is 6.48. The van der Waals surface area contributed by atoms with E-state index in [0.717, 1.165) is 4.57 Å². The van der Waals surface area contributed by atoms with Gasteiger partial charge in [-0.2, -0.15) is 9.49 Å². The Morgan fingerprint density at radius 2 is 1.82 bits per heavy atom. The minimum atomic E-state index is -1.34. The number of pyridine rings is 2. The zero-order valence-corrected chi connectivity index (χ0v) is 15.0.